The van der Waals surface area contributed by atoms with Crippen LogP contribution < -0.4 is 10.1 Å². The summed E-state index contributed by atoms with van der Waals surface area (Å²) in [6, 6.07) is 11.3. The van der Waals surface area contributed by atoms with Gasteiger partial charge >= 0.3 is 0 Å². The molecular formula is C21H28ClN3O4S. The first-order chi connectivity index (χ1) is 14.0. The van der Waals surface area contributed by atoms with Crippen molar-refractivity contribution in [3.8, 4) is 5.75 Å². The molecular weight excluding hydrogens is 426 g/mol. The number of carbonyl (C=O) groups is 1. The highest BCUT2D eigenvalue weighted by Gasteiger charge is 2.21. The summed E-state index contributed by atoms with van der Waals surface area (Å²) in [6.45, 7) is 4.54. The van der Waals surface area contributed by atoms with Crippen molar-refractivity contribution in [3.05, 3.63) is 53.1 Å². The van der Waals surface area contributed by atoms with E-state index in [1.807, 2.05) is 18.9 Å². The molecule has 2 rings (SSSR count). The summed E-state index contributed by atoms with van der Waals surface area (Å²) in [5.74, 6) is 0.478. The Hall–Kier alpha value is -2.13. The molecule has 1 atom stereocenters. The fourth-order valence-corrected chi connectivity index (χ4v) is 3.63. The number of rotatable bonds is 9. The minimum atomic E-state index is -3.58. The Balaban J connectivity index is 1.98. The first-order valence-corrected chi connectivity index (χ1v) is 11.3. The summed E-state index contributed by atoms with van der Waals surface area (Å²) in [5, 5.41) is 3.48. The average molecular weight is 454 g/mol. The van der Waals surface area contributed by atoms with E-state index in [-0.39, 0.29) is 10.8 Å². The molecule has 0 fully saturated rings. The summed E-state index contributed by atoms with van der Waals surface area (Å²) < 4.78 is 31.5. The minimum absolute atomic E-state index is 0.130. The Bertz CT molecular complexity index is 978. The van der Waals surface area contributed by atoms with Crippen molar-refractivity contribution in [1.29, 1.82) is 0 Å². The van der Waals surface area contributed by atoms with Gasteiger partial charge in [0.2, 0.25) is 15.9 Å². The van der Waals surface area contributed by atoms with Gasteiger partial charge in [-0.1, -0.05) is 17.7 Å². The zero-order valence-electron chi connectivity index (χ0n) is 17.8. The second-order valence-corrected chi connectivity index (χ2v) is 9.80. The van der Waals surface area contributed by atoms with Crippen molar-refractivity contribution in [1.82, 2.24) is 9.21 Å². The molecule has 0 aliphatic heterocycles. The van der Waals surface area contributed by atoms with Gasteiger partial charge in [0.1, 0.15) is 12.4 Å². The predicted octanol–water partition coefficient (Wildman–Crippen LogP) is 3.24. The van der Waals surface area contributed by atoms with Crippen LogP contribution >= 0.6 is 11.6 Å². The van der Waals surface area contributed by atoms with Crippen LogP contribution in [0.4, 0.5) is 5.69 Å². The Morgan fingerprint density at radius 2 is 1.77 bits per heavy atom. The number of halogens is 1. The Morgan fingerprint density at radius 1 is 1.13 bits per heavy atom. The molecule has 2 aromatic carbocycles. The van der Waals surface area contributed by atoms with E-state index in [0.29, 0.717) is 29.6 Å². The molecule has 9 heteroatoms. The number of nitrogens with zero attached hydrogens (tertiary/aromatic N) is 2. The van der Waals surface area contributed by atoms with E-state index in [9.17, 15) is 13.2 Å². The second-order valence-electron chi connectivity index (χ2n) is 7.21. The zero-order chi connectivity index (χ0) is 22.5. The number of nitrogens with one attached hydrogen (secondary N) is 1. The lowest BCUT2D eigenvalue weighted by atomic mass is 10.2. The van der Waals surface area contributed by atoms with Crippen molar-refractivity contribution in [3.63, 3.8) is 0 Å². The van der Waals surface area contributed by atoms with E-state index in [0.717, 1.165) is 9.87 Å². The van der Waals surface area contributed by atoms with Crippen LogP contribution in [0.25, 0.3) is 0 Å². The summed E-state index contributed by atoms with van der Waals surface area (Å²) in [7, 11) is 1.18. The van der Waals surface area contributed by atoms with E-state index < -0.39 is 16.1 Å². The number of likely N-dealkylation sites (N-methyl/N-ethyl adjacent to an activating group) is 1. The lowest BCUT2D eigenvalue weighted by molar-refractivity contribution is -0.120. The van der Waals surface area contributed by atoms with Crippen molar-refractivity contribution in [2.75, 3.05) is 39.6 Å². The van der Waals surface area contributed by atoms with Crippen molar-refractivity contribution in [2.24, 2.45) is 0 Å². The molecule has 164 valence electrons. The minimum Gasteiger partial charge on any atom is -0.492 e. The summed E-state index contributed by atoms with van der Waals surface area (Å²) in [4.78, 5) is 14.7. The summed E-state index contributed by atoms with van der Waals surface area (Å²) in [6.07, 6.45) is 0. The molecule has 0 bridgehead atoms. The maximum atomic E-state index is 12.7. The number of hydrogen-bond acceptors (Lipinski definition) is 5. The first kappa shape index (κ1) is 24.1. The highest BCUT2D eigenvalue weighted by molar-refractivity contribution is 7.89. The summed E-state index contributed by atoms with van der Waals surface area (Å²) >= 11 is 5.86. The fourth-order valence-electron chi connectivity index (χ4n) is 2.58. The van der Waals surface area contributed by atoms with Gasteiger partial charge in [0.15, 0.2) is 0 Å². The molecule has 0 aliphatic rings. The van der Waals surface area contributed by atoms with E-state index >= 15 is 0 Å². The van der Waals surface area contributed by atoms with Crippen LogP contribution in [0.2, 0.25) is 5.02 Å². The molecule has 1 N–H and O–H groups in total. The molecule has 0 unspecified atom stereocenters. The third-order valence-electron chi connectivity index (χ3n) is 4.81. The number of benzene rings is 2. The van der Waals surface area contributed by atoms with Crippen LogP contribution in [0.1, 0.15) is 12.5 Å². The van der Waals surface area contributed by atoms with Gasteiger partial charge in [-0.05, 0) is 62.9 Å². The van der Waals surface area contributed by atoms with Gasteiger partial charge in [-0.2, -0.15) is 0 Å². The van der Waals surface area contributed by atoms with Crippen LogP contribution in [-0.2, 0) is 14.8 Å². The second kappa shape index (κ2) is 10.3. The molecule has 2 aromatic rings. The first-order valence-electron chi connectivity index (χ1n) is 9.45. The topological polar surface area (TPSA) is 79.0 Å². The van der Waals surface area contributed by atoms with Crippen molar-refractivity contribution in [2.45, 2.75) is 24.8 Å². The van der Waals surface area contributed by atoms with Gasteiger partial charge in [0.05, 0.1) is 10.9 Å². The van der Waals surface area contributed by atoms with Crippen LogP contribution in [0.5, 0.6) is 5.75 Å². The van der Waals surface area contributed by atoms with Crippen LogP contribution in [0.3, 0.4) is 0 Å². The lowest BCUT2D eigenvalue weighted by Gasteiger charge is -2.24. The van der Waals surface area contributed by atoms with E-state index in [4.69, 9.17) is 16.3 Å². The molecule has 0 saturated heterocycles. The number of hydrogen-bond donors (Lipinski definition) is 1. The highest BCUT2D eigenvalue weighted by Crippen LogP contribution is 2.22. The molecule has 7 nitrogen and oxygen atoms in total. The largest absolute Gasteiger partial charge is 0.492 e. The lowest BCUT2D eigenvalue weighted by Crippen LogP contribution is -2.41. The molecule has 0 saturated carbocycles. The molecule has 0 heterocycles. The number of amides is 1. The van der Waals surface area contributed by atoms with Gasteiger partial charge in [-0.3, -0.25) is 9.69 Å². The highest BCUT2D eigenvalue weighted by atomic mass is 35.5. The van der Waals surface area contributed by atoms with E-state index in [1.165, 1.54) is 26.2 Å². The smallest absolute Gasteiger partial charge is 0.242 e. The predicted molar refractivity (Wildman–Crippen MR) is 120 cm³/mol. The van der Waals surface area contributed by atoms with E-state index in [2.05, 4.69) is 5.32 Å². The Labute approximate surface area is 183 Å². The van der Waals surface area contributed by atoms with Crippen LogP contribution in [0, 0.1) is 6.92 Å². The normalized spacial score (nSPS) is 12.8. The van der Waals surface area contributed by atoms with Crippen LogP contribution in [-0.4, -0.2) is 63.9 Å². The number of ether oxygens (including phenoxy) is 1. The molecule has 1 amide bonds. The Morgan fingerprint density at radius 3 is 2.37 bits per heavy atom. The zero-order valence-corrected chi connectivity index (χ0v) is 19.4. The number of sulfonamides is 1. The Kier molecular flexibility index (Phi) is 8.25. The van der Waals surface area contributed by atoms with Crippen molar-refractivity contribution < 1.29 is 17.9 Å². The number of anilines is 1. The quantitative estimate of drug-likeness (QED) is 0.630. The van der Waals surface area contributed by atoms with E-state index in [1.54, 1.807) is 37.3 Å². The molecule has 0 aromatic heterocycles. The standard InChI is InChI=1S/C21H28ClN3O4S/c1-15-6-11-19(30(27,28)24(3)4)14-20(15)23-21(26)16(2)25(5)12-13-29-18-9-7-17(22)8-10-18/h6-11,14,16H,12-13H2,1-5H3,(H,23,26)/t16-/m0/s1. The fraction of sp³-hybridized carbons (Fsp3) is 0.381. The summed E-state index contributed by atoms with van der Waals surface area (Å²) in [5.41, 5.74) is 1.25. The van der Waals surface area contributed by atoms with Gasteiger partial charge in [-0.15, -0.1) is 0 Å². The molecule has 0 aliphatic carbocycles. The molecule has 30 heavy (non-hydrogen) atoms. The molecule has 0 spiro atoms. The SMILES string of the molecule is Cc1ccc(S(=O)(=O)N(C)C)cc1NC(=O)[C@H](C)N(C)CCOc1ccc(Cl)cc1. The maximum absolute atomic E-state index is 12.7. The average Bonchev–Trinajstić information content (AvgIpc) is 2.70. The number of carbonyl (C=O) groups excluding carboxylic acids is 1. The van der Waals surface area contributed by atoms with Crippen molar-refractivity contribution >= 4 is 33.2 Å². The molecule has 0 radical (unpaired) electrons. The number of aryl methyl sites for hydroxylation is 1. The van der Waals surface area contributed by atoms with Gasteiger partial charge in [0.25, 0.3) is 0 Å². The van der Waals surface area contributed by atoms with Crippen LogP contribution in [0.15, 0.2) is 47.4 Å². The van der Waals surface area contributed by atoms with Gasteiger partial charge in [-0.25, -0.2) is 12.7 Å². The monoisotopic (exact) mass is 453 g/mol. The van der Waals surface area contributed by atoms with Gasteiger partial charge < -0.3 is 10.1 Å². The maximum Gasteiger partial charge on any atom is 0.242 e. The third-order valence-corrected chi connectivity index (χ3v) is 6.88. The third kappa shape index (κ3) is 6.18. The van der Waals surface area contributed by atoms with Gasteiger partial charge in [0, 0.05) is 31.4 Å².